The number of carbonyl (C=O) groups excluding carboxylic acids is 1. The Hall–Kier alpha value is -3.60. The van der Waals surface area contributed by atoms with Crippen molar-refractivity contribution < 1.29 is 14.3 Å². The van der Waals surface area contributed by atoms with E-state index in [1.807, 2.05) is 30.3 Å². The van der Waals surface area contributed by atoms with Gasteiger partial charge in [-0.05, 0) is 22.9 Å². The van der Waals surface area contributed by atoms with Gasteiger partial charge in [-0.15, -0.1) is 0 Å². The largest absolute Gasteiger partial charge is 0.454 e. The highest BCUT2D eigenvalue weighted by Crippen LogP contribution is 2.34. The molecule has 0 atom stereocenters. The predicted octanol–water partition coefficient (Wildman–Crippen LogP) is 3.64. The lowest BCUT2D eigenvalue weighted by atomic mass is 9.99. The van der Waals surface area contributed by atoms with Gasteiger partial charge in [0, 0.05) is 17.8 Å². The maximum Gasteiger partial charge on any atom is 0.231 e. The number of ketones is 1. The summed E-state index contributed by atoms with van der Waals surface area (Å²) in [4.78, 5) is 28.8. The Labute approximate surface area is 147 Å². The molecular formula is C21H13NO4. The van der Waals surface area contributed by atoms with Crippen LogP contribution in [0.1, 0.15) is 15.9 Å². The van der Waals surface area contributed by atoms with Crippen LogP contribution in [0.4, 0.5) is 0 Å². The third-order valence-electron chi connectivity index (χ3n) is 4.63. The van der Waals surface area contributed by atoms with Crippen LogP contribution in [-0.4, -0.2) is 17.6 Å². The number of rotatable bonds is 2. The van der Waals surface area contributed by atoms with Gasteiger partial charge < -0.3 is 14.5 Å². The first-order chi connectivity index (χ1) is 12.7. The maximum atomic E-state index is 12.9. The first kappa shape index (κ1) is 14.7. The maximum absolute atomic E-state index is 12.9. The van der Waals surface area contributed by atoms with Gasteiger partial charge in [0.25, 0.3) is 0 Å². The average molecular weight is 343 g/mol. The predicted molar refractivity (Wildman–Crippen MR) is 98.1 cm³/mol. The molecule has 0 fully saturated rings. The van der Waals surface area contributed by atoms with Crippen molar-refractivity contribution in [2.45, 2.75) is 0 Å². The molecule has 0 bridgehead atoms. The summed E-state index contributed by atoms with van der Waals surface area (Å²) in [5.74, 6) is 0.789. The Bertz CT molecular complexity index is 1260. The van der Waals surface area contributed by atoms with E-state index < -0.39 is 0 Å². The van der Waals surface area contributed by atoms with Crippen molar-refractivity contribution in [1.82, 2.24) is 4.98 Å². The lowest BCUT2D eigenvalue weighted by Gasteiger charge is -2.06. The number of aromatic amines is 1. The smallest absolute Gasteiger partial charge is 0.231 e. The van der Waals surface area contributed by atoms with Crippen LogP contribution in [0.3, 0.4) is 0 Å². The molecule has 3 aromatic carbocycles. The van der Waals surface area contributed by atoms with Gasteiger partial charge in [0.05, 0.1) is 16.5 Å². The van der Waals surface area contributed by atoms with E-state index in [9.17, 15) is 9.59 Å². The summed E-state index contributed by atoms with van der Waals surface area (Å²) >= 11 is 0. The molecule has 5 rings (SSSR count). The van der Waals surface area contributed by atoms with Crippen LogP contribution in [0.2, 0.25) is 0 Å². The van der Waals surface area contributed by atoms with Gasteiger partial charge in [0.2, 0.25) is 12.2 Å². The van der Waals surface area contributed by atoms with Crippen LogP contribution >= 0.6 is 0 Å². The first-order valence-electron chi connectivity index (χ1n) is 8.19. The molecule has 5 nitrogen and oxygen atoms in total. The molecule has 2 heterocycles. The average Bonchev–Trinajstić information content (AvgIpc) is 3.13. The summed E-state index contributed by atoms with van der Waals surface area (Å²) in [6, 6.07) is 16.6. The molecule has 4 aromatic rings. The van der Waals surface area contributed by atoms with Gasteiger partial charge in [0.15, 0.2) is 17.3 Å². The summed E-state index contributed by atoms with van der Waals surface area (Å²) in [6.07, 6.45) is 1.46. The van der Waals surface area contributed by atoms with Crippen molar-refractivity contribution in [1.29, 1.82) is 0 Å². The zero-order chi connectivity index (χ0) is 17.7. The summed E-state index contributed by atoms with van der Waals surface area (Å²) < 4.78 is 10.7. The van der Waals surface area contributed by atoms with Crippen LogP contribution in [-0.2, 0) is 0 Å². The highest BCUT2D eigenvalue weighted by Gasteiger charge is 2.19. The highest BCUT2D eigenvalue weighted by atomic mass is 16.7. The van der Waals surface area contributed by atoms with E-state index in [2.05, 4.69) is 4.98 Å². The molecule has 1 N–H and O–H groups in total. The Morgan fingerprint density at radius 2 is 1.69 bits per heavy atom. The molecular weight excluding hydrogens is 330 g/mol. The van der Waals surface area contributed by atoms with Crippen LogP contribution < -0.4 is 14.9 Å². The number of fused-ring (bicyclic) bond motifs is 3. The Kier molecular flexibility index (Phi) is 3.09. The minimum Gasteiger partial charge on any atom is -0.454 e. The summed E-state index contributed by atoms with van der Waals surface area (Å²) in [6.45, 7) is 0.128. The van der Waals surface area contributed by atoms with Gasteiger partial charge in [-0.1, -0.05) is 36.4 Å². The molecule has 126 valence electrons. The molecule has 0 unspecified atom stereocenters. The second-order valence-corrected chi connectivity index (χ2v) is 6.17. The van der Waals surface area contributed by atoms with Crippen molar-refractivity contribution in [2.24, 2.45) is 0 Å². The minimum absolute atomic E-state index is 0.103. The third-order valence-corrected chi connectivity index (χ3v) is 4.63. The SMILES string of the molecule is O=C(c1ccc2ccccc2c1)c1c[nH]c2cc3c(cc2c1=O)OCO3. The van der Waals surface area contributed by atoms with Gasteiger partial charge >= 0.3 is 0 Å². The van der Waals surface area contributed by atoms with Crippen LogP contribution in [0.5, 0.6) is 11.5 Å². The van der Waals surface area contributed by atoms with Crippen LogP contribution in [0.25, 0.3) is 21.7 Å². The highest BCUT2D eigenvalue weighted by molar-refractivity contribution is 6.11. The number of aromatic nitrogens is 1. The fourth-order valence-electron chi connectivity index (χ4n) is 3.26. The molecule has 26 heavy (non-hydrogen) atoms. The molecule has 1 aliphatic heterocycles. The minimum atomic E-state index is -0.324. The number of pyridine rings is 1. The Balaban J connectivity index is 1.65. The van der Waals surface area contributed by atoms with Crippen molar-refractivity contribution in [3.8, 4) is 11.5 Å². The molecule has 0 aliphatic carbocycles. The monoisotopic (exact) mass is 343 g/mol. The van der Waals surface area contributed by atoms with Crippen molar-refractivity contribution in [2.75, 3.05) is 6.79 Å². The standard InChI is InChI=1S/C21H13NO4/c23-20(14-6-5-12-3-1-2-4-13(12)7-14)16-10-22-17-9-19-18(25-11-26-19)8-15(17)21(16)24/h1-10H,11H2,(H,22,24). The van der Waals surface area contributed by atoms with E-state index in [0.717, 1.165) is 10.8 Å². The number of ether oxygens (including phenoxy) is 2. The third kappa shape index (κ3) is 2.18. The number of H-pyrrole nitrogens is 1. The second-order valence-electron chi connectivity index (χ2n) is 6.17. The lowest BCUT2D eigenvalue weighted by Crippen LogP contribution is -2.16. The molecule has 0 spiro atoms. The van der Waals surface area contributed by atoms with E-state index in [0.29, 0.717) is 28.0 Å². The molecule has 0 amide bonds. The number of nitrogens with one attached hydrogen (secondary N) is 1. The number of benzene rings is 3. The summed E-state index contributed by atoms with van der Waals surface area (Å²) in [5.41, 5.74) is 0.866. The van der Waals surface area contributed by atoms with E-state index >= 15 is 0 Å². The topological polar surface area (TPSA) is 68.4 Å². The summed E-state index contributed by atoms with van der Waals surface area (Å²) in [5, 5.41) is 2.41. The fourth-order valence-corrected chi connectivity index (χ4v) is 3.26. The van der Waals surface area contributed by atoms with Crippen LogP contribution in [0, 0.1) is 0 Å². The Morgan fingerprint density at radius 3 is 2.54 bits per heavy atom. The van der Waals surface area contributed by atoms with E-state index in [1.54, 1.807) is 24.3 Å². The normalized spacial score (nSPS) is 12.6. The summed E-state index contributed by atoms with van der Waals surface area (Å²) in [7, 11) is 0. The zero-order valence-electron chi connectivity index (χ0n) is 13.6. The van der Waals surface area contributed by atoms with E-state index in [4.69, 9.17) is 9.47 Å². The fraction of sp³-hybridized carbons (Fsp3) is 0.0476. The molecule has 0 saturated carbocycles. The number of carbonyl (C=O) groups is 1. The number of hydrogen-bond acceptors (Lipinski definition) is 4. The van der Waals surface area contributed by atoms with Crippen molar-refractivity contribution in [3.63, 3.8) is 0 Å². The first-order valence-corrected chi connectivity index (χ1v) is 8.19. The molecule has 1 aromatic heterocycles. The van der Waals surface area contributed by atoms with Crippen LogP contribution in [0.15, 0.2) is 65.6 Å². The second kappa shape index (κ2) is 5.46. The molecule has 0 radical (unpaired) electrons. The van der Waals surface area contributed by atoms with E-state index in [-0.39, 0.29) is 23.6 Å². The van der Waals surface area contributed by atoms with Crippen molar-refractivity contribution >= 4 is 27.5 Å². The van der Waals surface area contributed by atoms with Gasteiger partial charge in [0.1, 0.15) is 0 Å². The van der Waals surface area contributed by atoms with Gasteiger partial charge in [-0.2, -0.15) is 0 Å². The molecule has 5 heteroatoms. The quantitative estimate of drug-likeness (QED) is 0.564. The Morgan fingerprint density at radius 1 is 0.923 bits per heavy atom. The van der Waals surface area contributed by atoms with Crippen molar-refractivity contribution in [3.05, 3.63) is 82.1 Å². The lowest BCUT2D eigenvalue weighted by molar-refractivity contribution is 0.103. The number of hydrogen-bond donors (Lipinski definition) is 1. The van der Waals surface area contributed by atoms with E-state index in [1.165, 1.54) is 6.20 Å². The molecule has 0 saturated heterocycles. The zero-order valence-corrected chi connectivity index (χ0v) is 13.6. The molecule has 1 aliphatic rings. The van der Waals surface area contributed by atoms with Gasteiger partial charge in [-0.3, -0.25) is 9.59 Å². The van der Waals surface area contributed by atoms with Gasteiger partial charge in [-0.25, -0.2) is 0 Å².